The molecule has 4 fully saturated rings. The molecule has 5 nitrogen and oxygen atoms in total. The third-order valence-corrected chi connectivity index (χ3v) is 13.9. The molecule has 284 valence electrons. The standard InChI is InChI=1S/C54H43N5/c1-4-13-39(14-5-1)49-56-50(40-15-6-2-7-16-40)58-51(57-49)42-18-12-17-41(30-42)38-23-25-43(26-24-38)53-31-36-29-37(32-53)34-54(33-36,35-53)46-27-28-55-52-48(46)45-21-10-11-22-47(45)59(52)44-19-8-3-9-20-44/h1-28,30,36-37H,29,31-35H2. The van der Waals surface area contributed by atoms with Gasteiger partial charge in [-0.25, -0.2) is 19.9 Å². The fraction of sp³-hybridized carbons (Fsp3) is 0.185. The predicted octanol–water partition coefficient (Wildman–Crippen LogP) is 12.8. The Kier molecular flexibility index (Phi) is 7.81. The van der Waals surface area contributed by atoms with Crippen LogP contribution in [0.3, 0.4) is 0 Å². The SMILES string of the molecule is c1ccc(-c2nc(-c3ccccc3)nc(-c3cccc(-c4ccc(C56CC7CC(C5)CC(c5ccnc8c5c5ccccc5n8-c5ccccc5)(C7)C6)cc4)c3)n2)cc1. The molecule has 3 aromatic heterocycles. The quantitative estimate of drug-likeness (QED) is 0.162. The number of hydrogen-bond donors (Lipinski definition) is 0. The highest BCUT2D eigenvalue weighted by Crippen LogP contribution is 2.67. The van der Waals surface area contributed by atoms with E-state index in [1.165, 1.54) is 71.5 Å². The van der Waals surface area contributed by atoms with Gasteiger partial charge in [0.2, 0.25) is 0 Å². The summed E-state index contributed by atoms with van der Waals surface area (Å²) in [5.41, 5.74) is 12.1. The number of rotatable bonds is 7. The summed E-state index contributed by atoms with van der Waals surface area (Å²) in [6.07, 6.45) is 9.76. The molecule has 0 N–H and O–H groups in total. The van der Waals surface area contributed by atoms with Gasteiger partial charge in [0.05, 0.1) is 5.52 Å². The third-order valence-electron chi connectivity index (χ3n) is 13.9. The molecule has 0 amide bonds. The van der Waals surface area contributed by atoms with Crippen molar-refractivity contribution in [3.05, 3.63) is 187 Å². The van der Waals surface area contributed by atoms with Crippen LogP contribution >= 0.6 is 0 Å². The van der Waals surface area contributed by atoms with E-state index in [1.807, 2.05) is 36.4 Å². The van der Waals surface area contributed by atoms with Gasteiger partial charge in [0.25, 0.3) is 0 Å². The van der Waals surface area contributed by atoms with Crippen molar-refractivity contribution >= 4 is 21.9 Å². The largest absolute Gasteiger partial charge is 0.294 e. The molecule has 2 unspecified atom stereocenters. The van der Waals surface area contributed by atoms with Crippen LogP contribution in [0.2, 0.25) is 0 Å². The molecule has 0 aliphatic heterocycles. The molecule has 0 spiro atoms. The van der Waals surface area contributed by atoms with Crippen LogP contribution < -0.4 is 0 Å². The van der Waals surface area contributed by atoms with Crippen molar-refractivity contribution in [2.75, 3.05) is 0 Å². The molecule has 0 saturated heterocycles. The van der Waals surface area contributed by atoms with Gasteiger partial charge in [-0.15, -0.1) is 0 Å². The van der Waals surface area contributed by atoms with E-state index < -0.39 is 0 Å². The van der Waals surface area contributed by atoms with E-state index in [-0.39, 0.29) is 10.8 Å². The molecule has 0 radical (unpaired) electrons. The molecule has 6 aromatic carbocycles. The summed E-state index contributed by atoms with van der Waals surface area (Å²) in [5, 5.41) is 2.67. The van der Waals surface area contributed by atoms with E-state index in [4.69, 9.17) is 19.9 Å². The first-order valence-electron chi connectivity index (χ1n) is 21.1. The van der Waals surface area contributed by atoms with E-state index in [0.29, 0.717) is 17.5 Å². The van der Waals surface area contributed by atoms with Crippen molar-refractivity contribution in [3.8, 4) is 51.0 Å². The highest BCUT2D eigenvalue weighted by Gasteiger charge is 2.59. The summed E-state index contributed by atoms with van der Waals surface area (Å²) in [7, 11) is 0. The third kappa shape index (κ3) is 5.66. The highest BCUT2D eigenvalue weighted by atomic mass is 15.0. The Hall–Kier alpha value is -6.72. The lowest BCUT2D eigenvalue weighted by Crippen LogP contribution is -2.56. The Morgan fingerprint density at radius 1 is 0.475 bits per heavy atom. The van der Waals surface area contributed by atoms with Crippen LogP contribution in [-0.4, -0.2) is 24.5 Å². The first-order chi connectivity index (χ1) is 29.1. The second-order valence-electron chi connectivity index (χ2n) is 17.5. The number of aromatic nitrogens is 5. The summed E-state index contributed by atoms with van der Waals surface area (Å²) in [6.45, 7) is 0. The highest BCUT2D eigenvalue weighted by molar-refractivity contribution is 6.10. The summed E-state index contributed by atoms with van der Waals surface area (Å²) in [4.78, 5) is 20.0. The monoisotopic (exact) mass is 761 g/mol. The first kappa shape index (κ1) is 34.3. The lowest BCUT2D eigenvalue weighted by molar-refractivity contribution is -0.0275. The summed E-state index contributed by atoms with van der Waals surface area (Å²) < 4.78 is 2.38. The van der Waals surface area contributed by atoms with E-state index in [0.717, 1.165) is 45.4 Å². The van der Waals surface area contributed by atoms with Gasteiger partial charge in [-0.1, -0.05) is 140 Å². The molecule has 3 heterocycles. The van der Waals surface area contributed by atoms with E-state index in [9.17, 15) is 0 Å². The van der Waals surface area contributed by atoms with Crippen LogP contribution in [0.5, 0.6) is 0 Å². The van der Waals surface area contributed by atoms with Gasteiger partial charge in [0.1, 0.15) is 5.65 Å². The molecule has 59 heavy (non-hydrogen) atoms. The van der Waals surface area contributed by atoms with Gasteiger partial charge in [-0.05, 0) is 114 Å². The van der Waals surface area contributed by atoms with Gasteiger partial charge in [-0.3, -0.25) is 4.57 Å². The summed E-state index contributed by atoms with van der Waals surface area (Å²) in [5.74, 6) is 3.49. The van der Waals surface area contributed by atoms with Crippen LogP contribution in [0.25, 0.3) is 72.9 Å². The second-order valence-corrected chi connectivity index (χ2v) is 17.5. The zero-order valence-electron chi connectivity index (χ0n) is 32.9. The first-order valence-corrected chi connectivity index (χ1v) is 21.1. The second kappa shape index (κ2) is 13.4. The van der Waals surface area contributed by atoms with Crippen LogP contribution in [0, 0.1) is 11.8 Å². The summed E-state index contributed by atoms with van der Waals surface area (Å²) in [6, 6.07) is 60.7. The Balaban J connectivity index is 0.906. The average molecular weight is 762 g/mol. The number of nitrogens with zero attached hydrogens (tertiary/aromatic N) is 5. The van der Waals surface area contributed by atoms with Crippen LogP contribution in [0.15, 0.2) is 176 Å². The Bertz CT molecular complexity index is 2940. The van der Waals surface area contributed by atoms with Crippen molar-refractivity contribution < 1.29 is 0 Å². The molecule has 4 bridgehead atoms. The number of fused-ring (bicyclic) bond motifs is 3. The molecule has 2 atom stereocenters. The van der Waals surface area contributed by atoms with Gasteiger partial charge in [0.15, 0.2) is 17.5 Å². The Morgan fingerprint density at radius 2 is 1.03 bits per heavy atom. The zero-order valence-corrected chi connectivity index (χ0v) is 32.9. The van der Waals surface area contributed by atoms with Crippen molar-refractivity contribution in [1.29, 1.82) is 0 Å². The number of hydrogen-bond acceptors (Lipinski definition) is 4. The maximum atomic E-state index is 5.11. The number of para-hydroxylation sites is 2. The molecule has 5 heteroatoms. The normalized spacial score (nSPS) is 22.0. The van der Waals surface area contributed by atoms with E-state index in [1.54, 1.807) is 0 Å². The smallest absolute Gasteiger partial charge is 0.164 e. The maximum Gasteiger partial charge on any atom is 0.164 e. The van der Waals surface area contributed by atoms with Crippen LogP contribution in [0.1, 0.15) is 49.7 Å². The molecule has 4 aliphatic rings. The lowest BCUT2D eigenvalue weighted by atomic mass is 9.41. The minimum absolute atomic E-state index is 0.131. The van der Waals surface area contributed by atoms with Crippen LogP contribution in [0.4, 0.5) is 0 Å². The molecular formula is C54H43N5. The van der Waals surface area contributed by atoms with Crippen molar-refractivity contribution in [1.82, 2.24) is 24.5 Å². The lowest BCUT2D eigenvalue weighted by Gasteiger charge is -2.63. The molecule has 4 saturated carbocycles. The molecule has 4 aliphatic carbocycles. The van der Waals surface area contributed by atoms with Crippen molar-refractivity contribution in [3.63, 3.8) is 0 Å². The fourth-order valence-electron chi connectivity index (χ4n) is 11.9. The Morgan fingerprint density at radius 3 is 1.71 bits per heavy atom. The minimum Gasteiger partial charge on any atom is -0.294 e. The van der Waals surface area contributed by atoms with Gasteiger partial charge in [-0.2, -0.15) is 0 Å². The topological polar surface area (TPSA) is 56.5 Å². The van der Waals surface area contributed by atoms with E-state index >= 15 is 0 Å². The molecule has 13 rings (SSSR count). The van der Waals surface area contributed by atoms with E-state index in [2.05, 4.69) is 144 Å². The minimum atomic E-state index is 0.131. The van der Waals surface area contributed by atoms with Crippen molar-refractivity contribution in [2.45, 2.75) is 49.4 Å². The van der Waals surface area contributed by atoms with Gasteiger partial charge >= 0.3 is 0 Å². The van der Waals surface area contributed by atoms with Crippen molar-refractivity contribution in [2.24, 2.45) is 11.8 Å². The van der Waals surface area contributed by atoms with Gasteiger partial charge < -0.3 is 0 Å². The maximum absolute atomic E-state index is 5.11. The average Bonchev–Trinajstić information content (AvgIpc) is 3.64. The number of benzene rings is 6. The van der Waals surface area contributed by atoms with Gasteiger partial charge in [0, 0.05) is 39.3 Å². The summed E-state index contributed by atoms with van der Waals surface area (Å²) >= 11 is 0. The molecule has 9 aromatic rings. The Labute approximate surface area is 344 Å². The predicted molar refractivity (Wildman–Crippen MR) is 238 cm³/mol. The molecular weight excluding hydrogens is 719 g/mol. The fourth-order valence-corrected chi connectivity index (χ4v) is 11.9. The zero-order chi connectivity index (χ0) is 39.0. The van der Waals surface area contributed by atoms with Crippen LogP contribution in [-0.2, 0) is 10.8 Å². The number of pyridine rings is 1.